The Bertz CT molecular complexity index is 711. The first-order valence-electron chi connectivity index (χ1n) is 10.3. The number of piperidine rings is 1. The average Bonchev–Trinajstić information content (AvgIpc) is 3.44. The summed E-state index contributed by atoms with van der Waals surface area (Å²) in [6, 6.07) is 1.27. The number of carbonyl (C=O) groups excluding carboxylic acids is 1. The quantitative estimate of drug-likeness (QED) is 0.859. The highest BCUT2D eigenvalue weighted by Crippen LogP contribution is 2.30. The Morgan fingerprint density at radius 2 is 1.78 bits per heavy atom. The summed E-state index contributed by atoms with van der Waals surface area (Å²) in [5, 5.41) is 0. The van der Waals surface area contributed by atoms with Crippen LogP contribution in [0.5, 0.6) is 0 Å². The monoisotopic (exact) mass is 372 g/mol. The molecule has 0 spiro atoms. The van der Waals surface area contributed by atoms with Crippen LogP contribution in [0.2, 0.25) is 0 Å². The number of aromatic nitrogens is 2. The van der Waals surface area contributed by atoms with E-state index in [1.165, 1.54) is 12.8 Å². The molecule has 3 aliphatic rings. The fourth-order valence-corrected chi connectivity index (χ4v) is 4.40. The molecule has 0 unspecified atom stereocenters. The number of likely N-dealkylation sites (tertiary alicyclic amines) is 1. The summed E-state index contributed by atoms with van der Waals surface area (Å²) in [4.78, 5) is 29.0. The molecule has 0 aromatic carbocycles. The van der Waals surface area contributed by atoms with Crippen molar-refractivity contribution in [3.8, 4) is 0 Å². The van der Waals surface area contributed by atoms with Crippen molar-refractivity contribution in [2.75, 3.05) is 38.1 Å². The van der Waals surface area contributed by atoms with Gasteiger partial charge in [-0.15, -0.1) is 0 Å². The van der Waals surface area contributed by atoms with Gasteiger partial charge in [-0.25, -0.2) is 9.97 Å². The smallest absolute Gasteiger partial charge is 0.291 e. The van der Waals surface area contributed by atoms with Gasteiger partial charge in [-0.3, -0.25) is 4.79 Å². The summed E-state index contributed by atoms with van der Waals surface area (Å²) in [5.41, 5.74) is 7.99. The van der Waals surface area contributed by atoms with Crippen molar-refractivity contribution < 1.29 is 4.79 Å². The van der Waals surface area contributed by atoms with Gasteiger partial charge in [0.2, 0.25) is 5.82 Å². The first-order valence-corrected chi connectivity index (χ1v) is 10.3. The van der Waals surface area contributed by atoms with Gasteiger partial charge in [0, 0.05) is 62.6 Å². The predicted molar refractivity (Wildman–Crippen MR) is 106 cm³/mol. The summed E-state index contributed by atoms with van der Waals surface area (Å²) in [6.07, 6.45) is 5.73. The highest BCUT2D eigenvalue weighted by Gasteiger charge is 2.34. The molecule has 3 fully saturated rings. The molecular formula is C20H32N6O. The Kier molecular flexibility index (Phi) is 5.07. The van der Waals surface area contributed by atoms with Gasteiger partial charge in [-0.05, 0) is 46.0 Å². The number of nitrogens with two attached hydrogens (primary N) is 1. The second-order valence-corrected chi connectivity index (χ2v) is 8.49. The van der Waals surface area contributed by atoms with Crippen LogP contribution in [0.15, 0.2) is 0 Å². The fourth-order valence-electron chi connectivity index (χ4n) is 4.40. The van der Waals surface area contributed by atoms with E-state index in [9.17, 15) is 4.79 Å². The average molecular weight is 373 g/mol. The minimum absolute atomic E-state index is 0.0623. The number of anilines is 1. The van der Waals surface area contributed by atoms with Crippen molar-refractivity contribution >= 4 is 11.7 Å². The molecule has 4 rings (SSSR count). The fraction of sp³-hybridized carbons (Fsp3) is 0.750. The zero-order chi connectivity index (χ0) is 19.1. The maximum atomic E-state index is 13.1. The van der Waals surface area contributed by atoms with Crippen molar-refractivity contribution in [3.05, 3.63) is 17.1 Å². The maximum absolute atomic E-state index is 13.1. The van der Waals surface area contributed by atoms with Crippen molar-refractivity contribution in [2.45, 2.75) is 64.1 Å². The van der Waals surface area contributed by atoms with Crippen LogP contribution < -0.4 is 10.6 Å². The second kappa shape index (κ2) is 7.36. The second-order valence-electron chi connectivity index (χ2n) is 8.49. The van der Waals surface area contributed by atoms with E-state index in [2.05, 4.69) is 19.8 Å². The number of amides is 1. The molecule has 1 aromatic rings. The zero-order valence-electron chi connectivity index (χ0n) is 16.8. The lowest BCUT2D eigenvalue weighted by Crippen LogP contribution is -2.46. The van der Waals surface area contributed by atoms with Crippen molar-refractivity contribution in [1.29, 1.82) is 0 Å². The molecule has 1 aliphatic carbocycles. The van der Waals surface area contributed by atoms with Crippen LogP contribution >= 0.6 is 0 Å². The first kappa shape index (κ1) is 18.6. The highest BCUT2D eigenvalue weighted by atomic mass is 16.2. The van der Waals surface area contributed by atoms with Crippen LogP contribution in [0.25, 0.3) is 0 Å². The van der Waals surface area contributed by atoms with E-state index < -0.39 is 0 Å². The molecule has 27 heavy (non-hydrogen) atoms. The number of rotatable bonds is 4. The highest BCUT2D eigenvalue weighted by molar-refractivity contribution is 5.91. The summed E-state index contributed by atoms with van der Waals surface area (Å²) < 4.78 is 0. The number of nitrogens with zero attached hydrogens (tertiary/aromatic N) is 5. The van der Waals surface area contributed by atoms with Gasteiger partial charge in [-0.1, -0.05) is 0 Å². The third-order valence-electron chi connectivity index (χ3n) is 6.51. The largest absolute Gasteiger partial charge is 0.355 e. The lowest BCUT2D eigenvalue weighted by atomic mass is 10.0. The minimum Gasteiger partial charge on any atom is -0.355 e. The summed E-state index contributed by atoms with van der Waals surface area (Å²) >= 11 is 0. The van der Waals surface area contributed by atoms with Crippen LogP contribution in [0.3, 0.4) is 0 Å². The predicted octanol–water partition coefficient (Wildman–Crippen LogP) is 1.33. The van der Waals surface area contributed by atoms with Gasteiger partial charge in [-0.2, -0.15) is 0 Å². The molecular weight excluding hydrogens is 340 g/mol. The molecule has 1 amide bonds. The van der Waals surface area contributed by atoms with Crippen LogP contribution in [0.4, 0.5) is 5.82 Å². The Hall–Kier alpha value is -1.73. The molecule has 3 heterocycles. The van der Waals surface area contributed by atoms with Crippen LogP contribution in [-0.2, 0) is 0 Å². The van der Waals surface area contributed by atoms with Gasteiger partial charge >= 0.3 is 0 Å². The van der Waals surface area contributed by atoms with E-state index in [4.69, 9.17) is 5.73 Å². The third-order valence-corrected chi connectivity index (χ3v) is 6.51. The van der Waals surface area contributed by atoms with Gasteiger partial charge in [0.1, 0.15) is 5.82 Å². The molecule has 148 valence electrons. The van der Waals surface area contributed by atoms with Crippen molar-refractivity contribution in [3.63, 3.8) is 0 Å². The summed E-state index contributed by atoms with van der Waals surface area (Å²) in [5.74, 6) is 1.13. The summed E-state index contributed by atoms with van der Waals surface area (Å²) in [7, 11) is 1.91. The standard InChI is InChI=1S/C20H32N6O/c1-13-14(2)22-18(23-19(13)26-9-6-15(21)12-26)20(27)24(3)16-7-10-25(11-8-16)17-4-5-17/h15-17H,4-12,21H2,1-3H3/t15-/m1/s1. The third kappa shape index (κ3) is 3.80. The molecule has 7 nitrogen and oxygen atoms in total. The lowest BCUT2D eigenvalue weighted by molar-refractivity contribution is 0.0624. The first-order chi connectivity index (χ1) is 12.9. The van der Waals surface area contributed by atoms with Crippen LogP contribution in [0.1, 0.15) is 54.0 Å². The molecule has 1 aromatic heterocycles. The van der Waals surface area contributed by atoms with E-state index in [0.29, 0.717) is 5.82 Å². The number of aryl methyl sites for hydroxylation is 1. The lowest BCUT2D eigenvalue weighted by Gasteiger charge is -2.36. The Morgan fingerprint density at radius 1 is 1.07 bits per heavy atom. The zero-order valence-corrected chi connectivity index (χ0v) is 16.8. The molecule has 1 atom stereocenters. The van der Waals surface area contributed by atoms with E-state index in [0.717, 1.165) is 68.6 Å². The number of carbonyl (C=O) groups is 1. The topological polar surface area (TPSA) is 78.6 Å². The van der Waals surface area contributed by atoms with Crippen molar-refractivity contribution in [1.82, 2.24) is 19.8 Å². The van der Waals surface area contributed by atoms with E-state index in [1.54, 1.807) is 0 Å². The van der Waals surface area contributed by atoms with E-state index in [-0.39, 0.29) is 18.0 Å². The normalized spacial score (nSPS) is 24.4. The molecule has 2 N–H and O–H groups in total. The molecule has 2 aliphatic heterocycles. The van der Waals surface area contributed by atoms with Gasteiger partial charge in [0.05, 0.1) is 0 Å². The molecule has 7 heteroatoms. The Balaban J connectivity index is 1.48. The molecule has 1 saturated carbocycles. The molecule has 2 saturated heterocycles. The van der Waals surface area contributed by atoms with E-state index in [1.807, 2.05) is 25.8 Å². The van der Waals surface area contributed by atoms with E-state index >= 15 is 0 Å². The van der Waals surface area contributed by atoms with Crippen molar-refractivity contribution in [2.24, 2.45) is 5.73 Å². The SMILES string of the molecule is Cc1nc(C(=O)N(C)C2CCN(C3CC3)CC2)nc(N2CC[C@@H](N)C2)c1C. The Morgan fingerprint density at radius 3 is 2.37 bits per heavy atom. The molecule has 0 bridgehead atoms. The maximum Gasteiger partial charge on any atom is 0.291 e. The molecule has 0 radical (unpaired) electrons. The number of hydrogen-bond acceptors (Lipinski definition) is 6. The van der Waals surface area contributed by atoms with Gasteiger partial charge in [0.15, 0.2) is 0 Å². The van der Waals surface area contributed by atoms with Crippen LogP contribution in [0, 0.1) is 13.8 Å². The summed E-state index contributed by atoms with van der Waals surface area (Å²) in [6.45, 7) is 7.86. The van der Waals surface area contributed by atoms with Crippen LogP contribution in [-0.4, -0.2) is 77.0 Å². The van der Waals surface area contributed by atoms with Gasteiger partial charge < -0.3 is 20.4 Å². The minimum atomic E-state index is -0.0623. The van der Waals surface area contributed by atoms with Gasteiger partial charge in [0.25, 0.3) is 5.91 Å². The number of hydrogen-bond donors (Lipinski definition) is 1. The Labute approximate surface area is 161 Å².